The molecule has 0 spiro atoms. The minimum absolute atomic E-state index is 0.250. The van der Waals surface area contributed by atoms with E-state index >= 15 is 0 Å². The quantitative estimate of drug-likeness (QED) is 0.592. The van der Waals surface area contributed by atoms with Gasteiger partial charge < -0.3 is 21.1 Å². The number of amides is 3. The second kappa shape index (κ2) is 6.68. The molecule has 1 aromatic carbocycles. The smallest absolute Gasteiger partial charge is 0.319 e. The molecular formula is C16H21N3O4. The Morgan fingerprint density at radius 2 is 1.65 bits per heavy atom. The average Bonchev–Trinajstić information content (AvgIpc) is 3.07. The summed E-state index contributed by atoms with van der Waals surface area (Å²) >= 11 is 0. The zero-order valence-corrected chi connectivity index (χ0v) is 13.1. The summed E-state index contributed by atoms with van der Waals surface area (Å²) in [5, 5.41) is 17.0. The third-order valence-electron chi connectivity index (χ3n) is 4.12. The normalized spacial score (nSPS) is 21.1. The Kier molecular flexibility index (Phi) is 4.88. The van der Waals surface area contributed by atoms with Gasteiger partial charge in [-0.05, 0) is 17.5 Å². The van der Waals surface area contributed by atoms with Crippen LogP contribution in [0, 0.1) is 17.3 Å². The fourth-order valence-corrected chi connectivity index (χ4v) is 2.76. The Hall–Kier alpha value is -2.57. The van der Waals surface area contributed by atoms with Gasteiger partial charge in [0.05, 0.1) is 11.8 Å². The van der Waals surface area contributed by atoms with Gasteiger partial charge in [-0.3, -0.25) is 9.59 Å². The molecule has 3 amide bonds. The van der Waals surface area contributed by atoms with Crippen LogP contribution in [0.15, 0.2) is 30.3 Å². The lowest BCUT2D eigenvalue weighted by Crippen LogP contribution is -2.37. The van der Waals surface area contributed by atoms with E-state index in [1.807, 2.05) is 18.2 Å². The fraction of sp³-hybridized carbons (Fsp3) is 0.438. The van der Waals surface area contributed by atoms with Crippen LogP contribution in [0.1, 0.15) is 13.8 Å². The van der Waals surface area contributed by atoms with Crippen LogP contribution >= 0.6 is 0 Å². The van der Waals surface area contributed by atoms with E-state index in [-0.39, 0.29) is 25.0 Å². The van der Waals surface area contributed by atoms with Crippen molar-refractivity contribution in [2.75, 3.05) is 18.4 Å². The highest BCUT2D eigenvalue weighted by Crippen LogP contribution is 2.58. The predicted octanol–water partition coefficient (Wildman–Crippen LogP) is 1.28. The molecule has 124 valence electrons. The molecule has 0 aromatic heterocycles. The molecule has 2 atom stereocenters. The van der Waals surface area contributed by atoms with Crippen LogP contribution in [0.5, 0.6) is 0 Å². The third-order valence-corrected chi connectivity index (χ3v) is 4.12. The molecule has 0 radical (unpaired) electrons. The highest BCUT2D eigenvalue weighted by atomic mass is 16.4. The lowest BCUT2D eigenvalue weighted by Gasteiger charge is -2.09. The lowest BCUT2D eigenvalue weighted by molar-refractivity contribution is -0.140. The number of carboxylic acids is 1. The van der Waals surface area contributed by atoms with Crippen LogP contribution in [0.2, 0.25) is 0 Å². The Balaban J connectivity index is 1.67. The van der Waals surface area contributed by atoms with Crippen molar-refractivity contribution in [3.8, 4) is 0 Å². The number of carbonyl (C=O) groups is 3. The Labute approximate surface area is 134 Å². The molecule has 0 heterocycles. The van der Waals surface area contributed by atoms with Crippen molar-refractivity contribution >= 4 is 23.6 Å². The largest absolute Gasteiger partial charge is 0.481 e. The van der Waals surface area contributed by atoms with Gasteiger partial charge >= 0.3 is 12.0 Å². The van der Waals surface area contributed by atoms with Crippen molar-refractivity contribution in [3.05, 3.63) is 30.3 Å². The number of para-hydroxylation sites is 1. The van der Waals surface area contributed by atoms with Gasteiger partial charge in [-0.2, -0.15) is 0 Å². The lowest BCUT2D eigenvalue weighted by atomic mass is 10.1. The highest BCUT2D eigenvalue weighted by molar-refractivity contribution is 5.92. The minimum Gasteiger partial charge on any atom is -0.481 e. The van der Waals surface area contributed by atoms with Gasteiger partial charge in [0.1, 0.15) is 0 Å². The summed E-state index contributed by atoms with van der Waals surface area (Å²) in [4.78, 5) is 34.6. The summed E-state index contributed by atoms with van der Waals surface area (Å²) in [5.74, 6) is -2.39. The molecule has 23 heavy (non-hydrogen) atoms. The maximum Gasteiger partial charge on any atom is 0.319 e. The standard InChI is InChI=1S/C16H21N3O4/c1-16(2)11(12(16)14(21)22)13(20)17-8-9-18-15(23)19-10-6-4-3-5-7-10/h3-7,11-12H,8-9H2,1-2H3,(H,17,20)(H,21,22)(H2,18,19,23). The van der Waals surface area contributed by atoms with E-state index in [2.05, 4.69) is 16.0 Å². The van der Waals surface area contributed by atoms with E-state index in [4.69, 9.17) is 5.11 Å². The van der Waals surface area contributed by atoms with Crippen LogP contribution in [-0.2, 0) is 9.59 Å². The van der Waals surface area contributed by atoms with Crippen LogP contribution in [0.4, 0.5) is 10.5 Å². The average molecular weight is 319 g/mol. The Morgan fingerprint density at radius 1 is 1.04 bits per heavy atom. The van der Waals surface area contributed by atoms with Crippen molar-refractivity contribution in [2.24, 2.45) is 17.3 Å². The monoisotopic (exact) mass is 319 g/mol. The summed E-state index contributed by atoms with van der Waals surface area (Å²) in [6.45, 7) is 4.04. The summed E-state index contributed by atoms with van der Waals surface area (Å²) in [6.07, 6.45) is 0. The summed E-state index contributed by atoms with van der Waals surface area (Å²) in [6, 6.07) is 8.65. The Morgan fingerprint density at radius 3 is 2.22 bits per heavy atom. The first-order valence-electron chi connectivity index (χ1n) is 7.44. The number of urea groups is 1. The number of aliphatic carboxylic acids is 1. The molecule has 1 aromatic rings. The molecule has 0 saturated heterocycles. The minimum atomic E-state index is -0.949. The van der Waals surface area contributed by atoms with E-state index in [1.165, 1.54) is 0 Å². The zero-order chi connectivity index (χ0) is 17.0. The molecule has 0 bridgehead atoms. The van der Waals surface area contributed by atoms with Gasteiger partial charge in [-0.1, -0.05) is 32.0 Å². The van der Waals surface area contributed by atoms with E-state index in [0.29, 0.717) is 5.69 Å². The second-order valence-corrected chi connectivity index (χ2v) is 6.15. The highest BCUT2D eigenvalue weighted by Gasteiger charge is 2.65. The molecule has 1 aliphatic carbocycles. The second-order valence-electron chi connectivity index (χ2n) is 6.15. The van der Waals surface area contributed by atoms with Crippen LogP contribution < -0.4 is 16.0 Å². The number of hydrogen-bond donors (Lipinski definition) is 4. The number of nitrogens with one attached hydrogen (secondary N) is 3. The molecule has 2 rings (SSSR count). The fourth-order valence-electron chi connectivity index (χ4n) is 2.76. The molecule has 7 heteroatoms. The molecular weight excluding hydrogens is 298 g/mol. The van der Waals surface area contributed by atoms with Gasteiger partial charge in [-0.25, -0.2) is 4.79 Å². The van der Waals surface area contributed by atoms with Gasteiger partial charge in [0, 0.05) is 18.8 Å². The van der Waals surface area contributed by atoms with Gasteiger partial charge in [0.25, 0.3) is 0 Å². The maximum absolute atomic E-state index is 12.0. The summed E-state index contributed by atoms with van der Waals surface area (Å²) in [7, 11) is 0. The van der Waals surface area contributed by atoms with Crippen molar-refractivity contribution < 1.29 is 19.5 Å². The molecule has 1 fully saturated rings. The van der Waals surface area contributed by atoms with Crippen LogP contribution in [-0.4, -0.2) is 36.1 Å². The zero-order valence-electron chi connectivity index (χ0n) is 13.1. The topological polar surface area (TPSA) is 108 Å². The molecule has 7 nitrogen and oxygen atoms in total. The number of anilines is 1. The summed E-state index contributed by atoms with van der Waals surface area (Å²) < 4.78 is 0. The molecule has 2 unspecified atom stereocenters. The van der Waals surface area contributed by atoms with E-state index < -0.39 is 23.2 Å². The van der Waals surface area contributed by atoms with Crippen molar-refractivity contribution in [1.29, 1.82) is 0 Å². The maximum atomic E-state index is 12.0. The first-order valence-corrected chi connectivity index (χ1v) is 7.44. The predicted molar refractivity (Wildman–Crippen MR) is 84.9 cm³/mol. The van der Waals surface area contributed by atoms with Crippen LogP contribution in [0.25, 0.3) is 0 Å². The first-order chi connectivity index (χ1) is 10.8. The number of carbonyl (C=O) groups excluding carboxylic acids is 2. The van der Waals surface area contributed by atoms with Gasteiger partial charge in [0.15, 0.2) is 0 Å². The number of hydrogen-bond acceptors (Lipinski definition) is 3. The first kappa shape index (κ1) is 16.8. The summed E-state index contributed by atoms with van der Waals surface area (Å²) in [5.41, 5.74) is 0.159. The van der Waals surface area contributed by atoms with Gasteiger partial charge in [-0.15, -0.1) is 0 Å². The number of carboxylic acid groups (broad SMARTS) is 1. The van der Waals surface area contributed by atoms with Gasteiger partial charge in [0.2, 0.25) is 5.91 Å². The van der Waals surface area contributed by atoms with Crippen molar-refractivity contribution in [1.82, 2.24) is 10.6 Å². The SMILES string of the molecule is CC1(C)C(C(=O)O)C1C(=O)NCCNC(=O)Nc1ccccc1. The molecule has 4 N–H and O–H groups in total. The molecule has 1 aliphatic rings. The van der Waals surface area contributed by atoms with Crippen molar-refractivity contribution in [2.45, 2.75) is 13.8 Å². The van der Waals surface area contributed by atoms with E-state index in [0.717, 1.165) is 0 Å². The van der Waals surface area contributed by atoms with Crippen molar-refractivity contribution in [3.63, 3.8) is 0 Å². The molecule has 1 saturated carbocycles. The Bertz CT molecular complexity index is 601. The third kappa shape index (κ3) is 4.00. The molecule has 0 aliphatic heterocycles. The van der Waals surface area contributed by atoms with Crippen LogP contribution in [0.3, 0.4) is 0 Å². The number of rotatable bonds is 6. The number of benzene rings is 1. The van der Waals surface area contributed by atoms with E-state index in [1.54, 1.807) is 26.0 Å². The van der Waals surface area contributed by atoms with E-state index in [9.17, 15) is 14.4 Å².